The second kappa shape index (κ2) is 5.65. The van der Waals surface area contributed by atoms with Gasteiger partial charge in [0.25, 0.3) is 0 Å². The predicted molar refractivity (Wildman–Crippen MR) is 68.0 cm³/mol. The molecule has 0 aliphatic carbocycles. The van der Waals surface area contributed by atoms with Gasteiger partial charge in [-0.05, 0) is 18.8 Å². The minimum atomic E-state index is 0.168. The molecule has 0 aromatic carbocycles. The number of nitrogen functional groups attached to an aromatic ring is 1. The van der Waals surface area contributed by atoms with Crippen LogP contribution in [0.4, 0.5) is 11.9 Å². The van der Waals surface area contributed by atoms with Gasteiger partial charge in [-0.25, -0.2) is 0 Å². The third-order valence-electron chi connectivity index (χ3n) is 2.06. The van der Waals surface area contributed by atoms with E-state index >= 15 is 0 Å². The first kappa shape index (κ1) is 13.5. The van der Waals surface area contributed by atoms with Crippen LogP contribution in [0, 0.1) is 5.41 Å². The third kappa shape index (κ3) is 5.33. The van der Waals surface area contributed by atoms with Crippen LogP contribution in [-0.4, -0.2) is 28.1 Å². The molecule has 17 heavy (non-hydrogen) atoms. The van der Waals surface area contributed by atoms with E-state index in [4.69, 9.17) is 10.5 Å². The lowest BCUT2D eigenvalue weighted by molar-refractivity contribution is 0.312. The minimum Gasteiger partial charge on any atom is -0.464 e. The average molecular weight is 239 g/mol. The molecule has 1 aromatic heterocycles. The van der Waals surface area contributed by atoms with Crippen molar-refractivity contribution < 1.29 is 4.74 Å². The van der Waals surface area contributed by atoms with Crippen LogP contribution in [-0.2, 0) is 0 Å². The van der Waals surface area contributed by atoms with E-state index < -0.39 is 0 Å². The molecule has 0 saturated heterocycles. The summed E-state index contributed by atoms with van der Waals surface area (Å²) in [6, 6.07) is 0.262. The van der Waals surface area contributed by atoms with E-state index in [0.717, 1.165) is 13.0 Å². The molecule has 0 aliphatic rings. The Labute approximate surface area is 102 Å². The van der Waals surface area contributed by atoms with E-state index in [1.807, 2.05) is 6.92 Å². The zero-order valence-corrected chi connectivity index (χ0v) is 10.9. The normalized spacial score (nSPS) is 11.3. The summed E-state index contributed by atoms with van der Waals surface area (Å²) in [6.45, 7) is 9.71. The molecule has 0 aliphatic heterocycles. The Morgan fingerprint density at radius 3 is 2.53 bits per heavy atom. The van der Waals surface area contributed by atoms with E-state index in [1.165, 1.54) is 0 Å². The van der Waals surface area contributed by atoms with Crippen LogP contribution in [0.25, 0.3) is 0 Å². The Morgan fingerprint density at radius 1 is 1.24 bits per heavy atom. The molecule has 0 saturated carbocycles. The molecule has 6 heteroatoms. The fourth-order valence-electron chi connectivity index (χ4n) is 1.19. The van der Waals surface area contributed by atoms with Gasteiger partial charge in [0.15, 0.2) is 0 Å². The second-order valence-electron chi connectivity index (χ2n) is 4.97. The quantitative estimate of drug-likeness (QED) is 0.813. The Kier molecular flexibility index (Phi) is 4.48. The van der Waals surface area contributed by atoms with Gasteiger partial charge < -0.3 is 15.8 Å². The molecule has 1 aromatic rings. The molecule has 0 radical (unpaired) electrons. The molecule has 0 unspecified atom stereocenters. The van der Waals surface area contributed by atoms with Crippen molar-refractivity contribution in [3.05, 3.63) is 0 Å². The largest absolute Gasteiger partial charge is 0.464 e. The highest BCUT2D eigenvalue weighted by molar-refractivity contribution is 5.32. The van der Waals surface area contributed by atoms with Crippen molar-refractivity contribution in [2.75, 3.05) is 24.2 Å². The fraction of sp³-hybridized carbons (Fsp3) is 0.727. The lowest BCUT2D eigenvalue weighted by atomic mass is 9.92. The van der Waals surface area contributed by atoms with Gasteiger partial charge in [-0.2, -0.15) is 15.0 Å². The second-order valence-corrected chi connectivity index (χ2v) is 4.97. The first-order valence-electron chi connectivity index (χ1n) is 5.79. The summed E-state index contributed by atoms with van der Waals surface area (Å²) >= 11 is 0. The van der Waals surface area contributed by atoms with E-state index in [9.17, 15) is 0 Å². The van der Waals surface area contributed by atoms with Gasteiger partial charge in [0.2, 0.25) is 11.9 Å². The maximum Gasteiger partial charge on any atom is 0.323 e. The SMILES string of the molecule is CCOc1nc(N)nc(NCCC(C)(C)C)n1. The molecular formula is C11H21N5O. The highest BCUT2D eigenvalue weighted by Gasteiger charge is 2.10. The molecule has 0 amide bonds. The van der Waals surface area contributed by atoms with Crippen molar-refractivity contribution in [2.45, 2.75) is 34.1 Å². The molecule has 6 nitrogen and oxygen atoms in total. The standard InChI is InChI=1S/C11H21N5O/c1-5-17-10-15-8(12)14-9(16-10)13-7-6-11(2,3)4/h5-7H2,1-4H3,(H3,12,13,14,15,16). The lowest BCUT2D eigenvalue weighted by Gasteiger charge is -2.18. The fourth-order valence-corrected chi connectivity index (χ4v) is 1.19. The maximum absolute atomic E-state index is 5.56. The van der Waals surface area contributed by atoms with Crippen molar-refractivity contribution in [1.82, 2.24) is 15.0 Å². The predicted octanol–water partition coefficient (Wildman–Crippen LogP) is 1.70. The van der Waals surface area contributed by atoms with Gasteiger partial charge in [-0.3, -0.25) is 0 Å². The zero-order valence-electron chi connectivity index (χ0n) is 10.9. The first-order chi connectivity index (χ1) is 7.90. The van der Waals surface area contributed by atoms with E-state index in [2.05, 4.69) is 41.0 Å². The minimum absolute atomic E-state index is 0.168. The number of anilines is 2. The summed E-state index contributed by atoms with van der Waals surface area (Å²) < 4.78 is 5.19. The monoisotopic (exact) mass is 239 g/mol. The molecule has 1 heterocycles. The summed E-state index contributed by atoms with van der Waals surface area (Å²) in [5.41, 5.74) is 5.84. The summed E-state index contributed by atoms with van der Waals surface area (Å²) in [6.07, 6.45) is 1.02. The molecule has 96 valence electrons. The van der Waals surface area contributed by atoms with Gasteiger partial charge in [0.1, 0.15) is 0 Å². The smallest absolute Gasteiger partial charge is 0.323 e. The Hall–Kier alpha value is -1.59. The number of nitrogens with two attached hydrogens (primary N) is 1. The summed E-state index contributed by atoms with van der Waals surface area (Å²) in [4.78, 5) is 12.0. The van der Waals surface area contributed by atoms with Crippen LogP contribution >= 0.6 is 0 Å². The topological polar surface area (TPSA) is 86.0 Å². The molecular weight excluding hydrogens is 218 g/mol. The summed E-state index contributed by atoms with van der Waals surface area (Å²) in [5, 5.41) is 3.12. The molecule has 0 fully saturated rings. The van der Waals surface area contributed by atoms with Crippen LogP contribution in [0.5, 0.6) is 6.01 Å². The number of rotatable bonds is 5. The van der Waals surface area contributed by atoms with Crippen LogP contribution in [0.15, 0.2) is 0 Å². The van der Waals surface area contributed by atoms with Crippen molar-refractivity contribution in [1.29, 1.82) is 0 Å². The maximum atomic E-state index is 5.56. The highest BCUT2D eigenvalue weighted by Crippen LogP contribution is 2.18. The Balaban J connectivity index is 2.58. The number of hydrogen-bond donors (Lipinski definition) is 2. The number of nitrogens with one attached hydrogen (secondary N) is 1. The van der Waals surface area contributed by atoms with Crippen LogP contribution < -0.4 is 15.8 Å². The Morgan fingerprint density at radius 2 is 1.94 bits per heavy atom. The highest BCUT2D eigenvalue weighted by atomic mass is 16.5. The number of nitrogens with zero attached hydrogens (tertiary/aromatic N) is 3. The third-order valence-corrected chi connectivity index (χ3v) is 2.06. The van der Waals surface area contributed by atoms with E-state index in [0.29, 0.717) is 12.6 Å². The van der Waals surface area contributed by atoms with Crippen molar-refractivity contribution in [2.24, 2.45) is 5.41 Å². The molecule has 0 spiro atoms. The van der Waals surface area contributed by atoms with E-state index in [-0.39, 0.29) is 17.4 Å². The van der Waals surface area contributed by atoms with Gasteiger partial charge in [-0.15, -0.1) is 0 Å². The van der Waals surface area contributed by atoms with Gasteiger partial charge >= 0.3 is 6.01 Å². The molecule has 3 N–H and O–H groups in total. The molecule has 0 bridgehead atoms. The number of hydrogen-bond acceptors (Lipinski definition) is 6. The van der Waals surface area contributed by atoms with Crippen LogP contribution in [0.3, 0.4) is 0 Å². The van der Waals surface area contributed by atoms with Gasteiger partial charge in [0, 0.05) is 6.54 Å². The van der Waals surface area contributed by atoms with Crippen molar-refractivity contribution in [3.8, 4) is 6.01 Å². The Bertz CT molecular complexity index is 361. The number of ether oxygens (including phenoxy) is 1. The summed E-state index contributed by atoms with van der Waals surface area (Å²) in [7, 11) is 0. The van der Waals surface area contributed by atoms with E-state index in [1.54, 1.807) is 0 Å². The molecule has 0 atom stereocenters. The lowest BCUT2D eigenvalue weighted by Crippen LogP contribution is -2.15. The van der Waals surface area contributed by atoms with Crippen LogP contribution in [0.1, 0.15) is 34.1 Å². The van der Waals surface area contributed by atoms with Gasteiger partial charge in [0.05, 0.1) is 6.61 Å². The summed E-state index contributed by atoms with van der Waals surface area (Å²) in [5.74, 6) is 0.631. The number of aromatic nitrogens is 3. The van der Waals surface area contributed by atoms with Gasteiger partial charge in [-0.1, -0.05) is 20.8 Å². The average Bonchev–Trinajstić information content (AvgIpc) is 2.15. The van der Waals surface area contributed by atoms with Crippen molar-refractivity contribution in [3.63, 3.8) is 0 Å². The van der Waals surface area contributed by atoms with Crippen molar-refractivity contribution >= 4 is 11.9 Å². The van der Waals surface area contributed by atoms with Crippen LogP contribution in [0.2, 0.25) is 0 Å². The first-order valence-corrected chi connectivity index (χ1v) is 5.79. The molecule has 1 rings (SSSR count). The zero-order chi connectivity index (χ0) is 12.9.